The summed E-state index contributed by atoms with van der Waals surface area (Å²) in [6, 6.07) is 34.1. The fourth-order valence-corrected chi connectivity index (χ4v) is 4.75. The number of hydrogen-bond donors (Lipinski definition) is 0. The van der Waals surface area contributed by atoms with Gasteiger partial charge in [0, 0.05) is 18.2 Å². The molecular formula is C30H22N2. The van der Waals surface area contributed by atoms with Gasteiger partial charge < -0.3 is 0 Å². The van der Waals surface area contributed by atoms with E-state index in [0.717, 1.165) is 29.0 Å². The first-order valence-electron chi connectivity index (χ1n) is 11.0. The summed E-state index contributed by atoms with van der Waals surface area (Å²) < 4.78 is 0. The summed E-state index contributed by atoms with van der Waals surface area (Å²) in [5.74, 6) is 0.762. The Kier molecular flexibility index (Phi) is 4.43. The highest BCUT2D eigenvalue weighted by Gasteiger charge is 2.19. The lowest BCUT2D eigenvalue weighted by Crippen LogP contribution is -2.03. The summed E-state index contributed by atoms with van der Waals surface area (Å²) in [5, 5.41) is 7.65. The van der Waals surface area contributed by atoms with Crippen molar-refractivity contribution in [3.8, 4) is 0 Å². The maximum atomic E-state index is 5.07. The second-order valence-electron chi connectivity index (χ2n) is 8.29. The molecule has 0 bridgehead atoms. The molecule has 6 rings (SSSR count). The summed E-state index contributed by atoms with van der Waals surface area (Å²) in [7, 11) is 0. The van der Waals surface area contributed by atoms with E-state index < -0.39 is 0 Å². The van der Waals surface area contributed by atoms with Gasteiger partial charge in [0.15, 0.2) is 5.84 Å². The number of nitrogens with zero attached hydrogens (tertiary/aromatic N) is 2. The Morgan fingerprint density at radius 3 is 1.84 bits per heavy atom. The normalized spacial score (nSPS) is 16.4. The molecule has 1 unspecified atom stereocenters. The number of fused-ring (bicyclic) bond motifs is 6. The molecule has 1 heterocycles. The van der Waals surface area contributed by atoms with Gasteiger partial charge in [-0.2, -0.15) is 0 Å². The molecule has 0 saturated carbocycles. The Bertz CT molecular complexity index is 1520. The lowest BCUT2D eigenvalue weighted by atomic mass is 9.90. The van der Waals surface area contributed by atoms with E-state index in [0.29, 0.717) is 0 Å². The SMILES string of the molecule is C=C1CC=NC(c2ccccc2)=NC1c1ccc2c3ccccc3c3ccccc3c2c1. The summed E-state index contributed by atoms with van der Waals surface area (Å²) in [5.41, 5.74) is 3.24. The quantitative estimate of drug-likeness (QED) is 0.211. The summed E-state index contributed by atoms with van der Waals surface area (Å²) in [6.45, 7) is 4.35. The first kappa shape index (κ1) is 18.7. The number of amidine groups is 1. The van der Waals surface area contributed by atoms with Crippen molar-refractivity contribution in [2.45, 2.75) is 12.5 Å². The molecule has 5 aromatic rings. The van der Waals surface area contributed by atoms with Crippen molar-refractivity contribution in [1.29, 1.82) is 0 Å². The largest absolute Gasteiger partial charge is 0.253 e. The number of benzene rings is 5. The number of hydrogen-bond acceptors (Lipinski definition) is 2. The van der Waals surface area contributed by atoms with Gasteiger partial charge in [0.2, 0.25) is 0 Å². The van der Waals surface area contributed by atoms with Crippen LogP contribution in [0.4, 0.5) is 0 Å². The van der Waals surface area contributed by atoms with Crippen LogP contribution in [0.3, 0.4) is 0 Å². The summed E-state index contributed by atoms with van der Waals surface area (Å²) in [4.78, 5) is 9.70. The van der Waals surface area contributed by atoms with Crippen LogP contribution in [0.5, 0.6) is 0 Å². The van der Waals surface area contributed by atoms with E-state index in [1.807, 2.05) is 24.4 Å². The van der Waals surface area contributed by atoms with Crippen molar-refractivity contribution in [1.82, 2.24) is 0 Å². The van der Waals surface area contributed by atoms with Crippen molar-refractivity contribution in [2.75, 3.05) is 0 Å². The van der Waals surface area contributed by atoms with Crippen LogP contribution in [0.1, 0.15) is 23.6 Å². The summed E-state index contributed by atoms with van der Waals surface area (Å²) in [6.07, 6.45) is 2.65. The first-order valence-corrected chi connectivity index (χ1v) is 11.0. The number of aliphatic imine (C=N–C) groups is 2. The Balaban J connectivity index is 1.59. The molecule has 1 aliphatic rings. The molecule has 2 nitrogen and oxygen atoms in total. The molecule has 0 radical (unpaired) electrons. The van der Waals surface area contributed by atoms with Crippen molar-refractivity contribution >= 4 is 44.4 Å². The smallest absolute Gasteiger partial charge is 0.155 e. The molecule has 32 heavy (non-hydrogen) atoms. The fourth-order valence-electron chi connectivity index (χ4n) is 4.75. The van der Waals surface area contributed by atoms with Crippen LogP contribution in [0.15, 0.2) is 119 Å². The van der Waals surface area contributed by atoms with Gasteiger partial charge in [-0.1, -0.05) is 97.6 Å². The predicted octanol–water partition coefficient (Wildman–Crippen LogP) is 7.66. The maximum absolute atomic E-state index is 5.07. The monoisotopic (exact) mass is 410 g/mol. The highest BCUT2D eigenvalue weighted by atomic mass is 14.9. The molecule has 0 N–H and O–H groups in total. The maximum Gasteiger partial charge on any atom is 0.155 e. The zero-order chi connectivity index (χ0) is 21.5. The summed E-state index contributed by atoms with van der Waals surface area (Å²) >= 11 is 0. The molecule has 1 aliphatic heterocycles. The third kappa shape index (κ3) is 3.04. The molecule has 0 aromatic heterocycles. The van der Waals surface area contributed by atoms with Gasteiger partial charge in [0.25, 0.3) is 0 Å². The van der Waals surface area contributed by atoms with Crippen LogP contribution >= 0.6 is 0 Å². The first-order chi connectivity index (χ1) is 15.8. The molecule has 0 saturated heterocycles. The van der Waals surface area contributed by atoms with Gasteiger partial charge in [0.1, 0.15) is 0 Å². The van der Waals surface area contributed by atoms with Gasteiger partial charge in [-0.3, -0.25) is 4.99 Å². The molecular weight excluding hydrogens is 388 g/mol. The van der Waals surface area contributed by atoms with Gasteiger partial charge in [-0.05, 0) is 49.5 Å². The van der Waals surface area contributed by atoms with Crippen LogP contribution < -0.4 is 0 Å². The third-order valence-electron chi connectivity index (χ3n) is 6.32. The van der Waals surface area contributed by atoms with E-state index in [2.05, 4.69) is 90.4 Å². The van der Waals surface area contributed by atoms with E-state index in [1.165, 1.54) is 32.3 Å². The minimum atomic E-state index is -0.123. The Labute approximate surface area is 187 Å². The molecule has 152 valence electrons. The van der Waals surface area contributed by atoms with Crippen LogP contribution in [0.2, 0.25) is 0 Å². The molecule has 0 spiro atoms. The zero-order valence-electron chi connectivity index (χ0n) is 17.7. The Morgan fingerprint density at radius 1 is 0.625 bits per heavy atom. The topological polar surface area (TPSA) is 24.7 Å². The highest BCUT2D eigenvalue weighted by molar-refractivity contribution is 6.25. The van der Waals surface area contributed by atoms with Gasteiger partial charge in [0.05, 0.1) is 6.04 Å². The fraction of sp³-hybridized carbons (Fsp3) is 0.0667. The lowest BCUT2D eigenvalue weighted by molar-refractivity contribution is 0.844. The average Bonchev–Trinajstić information content (AvgIpc) is 3.06. The standard InChI is InChI=1S/C30H22N2/c1-20-17-18-31-30(21-9-3-2-4-10-21)32-29(20)22-15-16-27-25-13-6-5-11-23(25)24-12-7-8-14-26(24)28(27)19-22/h2-16,18-19,29H,1,17H2. The zero-order valence-corrected chi connectivity index (χ0v) is 17.7. The molecule has 0 amide bonds. The second kappa shape index (κ2) is 7.58. The van der Waals surface area contributed by atoms with E-state index >= 15 is 0 Å². The van der Waals surface area contributed by atoms with Gasteiger partial charge in [-0.25, -0.2) is 4.99 Å². The van der Waals surface area contributed by atoms with Crippen LogP contribution in [-0.4, -0.2) is 12.1 Å². The van der Waals surface area contributed by atoms with Crippen molar-refractivity contribution < 1.29 is 0 Å². The molecule has 0 aliphatic carbocycles. The molecule has 2 heteroatoms. The van der Waals surface area contributed by atoms with E-state index in [1.54, 1.807) is 0 Å². The van der Waals surface area contributed by atoms with E-state index in [4.69, 9.17) is 4.99 Å². The van der Waals surface area contributed by atoms with Crippen molar-refractivity contribution in [3.63, 3.8) is 0 Å². The van der Waals surface area contributed by atoms with E-state index in [-0.39, 0.29) is 6.04 Å². The van der Waals surface area contributed by atoms with Crippen LogP contribution in [0.25, 0.3) is 32.3 Å². The van der Waals surface area contributed by atoms with Gasteiger partial charge >= 0.3 is 0 Å². The minimum absolute atomic E-state index is 0.123. The molecule has 5 aromatic carbocycles. The molecule has 1 atom stereocenters. The van der Waals surface area contributed by atoms with Crippen LogP contribution in [0, 0.1) is 0 Å². The van der Waals surface area contributed by atoms with Crippen molar-refractivity contribution in [2.24, 2.45) is 9.98 Å². The predicted molar refractivity (Wildman–Crippen MR) is 137 cm³/mol. The lowest BCUT2D eigenvalue weighted by Gasteiger charge is -2.17. The van der Waals surface area contributed by atoms with Crippen LogP contribution in [-0.2, 0) is 0 Å². The Morgan fingerprint density at radius 2 is 1.19 bits per heavy atom. The third-order valence-corrected chi connectivity index (χ3v) is 6.32. The van der Waals surface area contributed by atoms with Crippen molar-refractivity contribution in [3.05, 3.63) is 120 Å². The Hall–Kier alpha value is -4.04. The van der Waals surface area contributed by atoms with E-state index in [9.17, 15) is 0 Å². The molecule has 0 fully saturated rings. The van der Waals surface area contributed by atoms with Gasteiger partial charge in [-0.15, -0.1) is 0 Å². The second-order valence-corrected chi connectivity index (χ2v) is 8.29. The highest BCUT2D eigenvalue weighted by Crippen LogP contribution is 2.38. The average molecular weight is 411 g/mol. The number of rotatable bonds is 2. The minimum Gasteiger partial charge on any atom is -0.253 e.